The van der Waals surface area contributed by atoms with E-state index in [2.05, 4.69) is 13.0 Å². The summed E-state index contributed by atoms with van der Waals surface area (Å²) >= 11 is 0. The summed E-state index contributed by atoms with van der Waals surface area (Å²) in [5.41, 5.74) is 9.01. The number of nitrogens with zero attached hydrogens (tertiary/aromatic N) is 1. The van der Waals surface area contributed by atoms with Crippen LogP contribution >= 0.6 is 0 Å². The highest BCUT2D eigenvalue weighted by molar-refractivity contribution is 5.96. The topological polar surface area (TPSA) is 46.3 Å². The zero-order valence-corrected chi connectivity index (χ0v) is 11.4. The van der Waals surface area contributed by atoms with Crippen LogP contribution < -0.4 is 5.73 Å². The maximum Gasteiger partial charge on any atom is 0.254 e. The lowest BCUT2D eigenvalue weighted by molar-refractivity contribution is 0.0618. The molecule has 0 spiro atoms. The molecule has 98 valence electrons. The molecule has 2 rings (SSSR count). The second-order valence-corrected chi connectivity index (χ2v) is 5.45. The quantitative estimate of drug-likeness (QED) is 0.826. The summed E-state index contributed by atoms with van der Waals surface area (Å²) in [6.07, 6.45) is 1.80. The van der Waals surface area contributed by atoms with Crippen molar-refractivity contribution in [3.05, 3.63) is 34.9 Å². The van der Waals surface area contributed by atoms with Crippen LogP contribution in [0, 0.1) is 13.8 Å². The van der Waals surface area contributed by atoms with Gasteiger partial charge in [-0.2, -0.15) is 0 Å². The van der Waals surface area contributed by atoms with Crippen LogP contribution in [0.15, 0.2) is 18.2 Å². The summed E-state index contributed by atoms with van der Waals surface area (Å²) in [4.78, 5) is 14.5. The fourth-order valence-electron chi connectivity index (χ4n) is 2.72. The second-order valence-electron chi connectivity index (χ2n) is 5.45. The van der Waals surface area contributed by atoms with E-state index < -0.39 is 0 Å². The van der Waals surface area contributed by atoms with Crippen molar-refractivity contribution < 1.29 is 4.79 Å². The van der Waals surface area contributed by atoms with Gasteiger partial charge in [-0.25, -0.2) is 0 Å². The fourth-order valence-corrected chi connectivity index (χ4v) is 2.72. The SMILES string of the molecule is Cc1ccc(C(=O)N2CCC(N)CC2C)c(C)c1. The molecule has 3 nitrogen and oxygen atoms in total. The Labute approximate surface area is 109 Å². The molecule has 2 unspecified atom stereocenters. The van der Waals surface area contributed by atoms with Crippen molar-refractivity contribution >= 4 is 5.91 Å². The highest BCUT2D eigenvalue weighted by Gasteiger charge is 2.28. The van der Waals surface area contributed by atoms with E-state index in [1.165, 1.54) is 5.56 Å². The summed E-state index contributed by atoms with van der Waals surface area (Å²) < 4.78 is 0. The van der Waals surface area contributed by atoms with Crippen LogP contribution in [0.2, 0.25) is 0 Å². The van der Waals surface area contributed by atoms with Gasteiger partial charge in [0.1, 0.15) is 0 Å². The molecular formula is C15H22N2O. The Morgan fingerprint density at radius 2 is 2.11 bits per heavy atom. The van der Waals surface area contributed by atoms with Crippen LogP contribution in [0.4, 0.5) is 0 Å². The van der Waals surface area contributed by atoms with Gasteiger partial charge in [-0.3, -0.25) is 4.79 Å². The predicted molar refractivity (Wildman–Crippen MR) is 73.6 cm³/mol. The largest absolute Gasteiger partial charge is 0.336 e. The number of hydrogen-bond donors (Lipinski definition) is 1. The van der Waals surface area contributed by atoms with Crippen LogP contribution in [0.25, 0.3) is 0 Å². The predicted octanol–water partition coefficient (Wildman–Crippen LogP) is 2.26. The Morgan fingerprint density at radius 3 is 2.72 bits per heavy atom. The van der Waals surface area contributed by atoms with E-state index in [4.69, 9.17) is 5.73 Å². The van der Waals surface area contributed by atoms with Gasteiger partial charge in [0.05, 0.1) is 0 Å². The number of piperidine rings is 1. The van der Waals surface area contributed by atoms with E-state index in [1.54, 1.807) is 0 Å². The fraction of sp³-hybridized carbons (Fsp3) is 0.533. The second kappa shape index (κ2) is 5.11. The molecule has 0 aromatic heterocycles. The lowest BCUT2D eigenvalue weighted by Gasteiger charge is -2.36. The van der Waals surface area contributed by atoms with Gasteiger partial charge >= 0.3 is 0 Å². The average molecular weight is 246 g/mol. The van der Waals surface area contributed by atoms with Gasteiger partial charge in [-0.1, -0.05) is 17.7 Å². The average Bonchev–Trinajstić information content (AvgIpc) is 2.28. The molecule has 18 heavy (non-hydrogen) atoms. The van der Waals surface area contributed by atoms with E-state index >= 15 is 0 Å². The summed E-state index contributed by atoms with van der Waals surface area (Å²) in [7, 11) is 0. The molecule has 1 aromatic carbocycles. The lowest BCUT2D eigenvalue weighted by Crippen LogP contribution is -2.48. The van der Waals surface area contributed by atoms with Crippen molar-refractivity contribution in [3.63, 3.8) is 0 Å². The van der Waals surface area contributed by atoms with Crippen molar-refractivity contribution in [3.8, 4) is 0 Å². The standard InChI is InChI=1S/C15H22N2O/c1-10-4-5-14(11(2)8-10)15(18)17-7-6-13(16)9-12(17)3/h4-5,8,12-13H,6-7,9,16H2,1-3H3. The molecule has 0 bridgehead atoms. The normalized spacial score (nSPS) is 24.1. The summed E-state index contributed by atoms with van der Waals surface area (Å²) in [5, 5.41) is 0. The van der Waals surface area contributed by atoms with Crippen LogP contribution in [-0.4, -0.2) is 29.4 Å². The van der Waals surface area contributed by atoms with Gasteiger partial charge in [-0.05, 0) is 45.2 Å². The number of hydrogen-bond acceptors (Lipinski definition) is 2. The first-order valence-electron chi connectivity index (χ1n) is 6.63. The molecule has 1 aliphatic rings. The van der Waals surface area contributed by atoms with Crippen molar-refractivity contribution in [1.29, 1.82) is 0 Å². The van der Waals surface area contributed by atoms with Gasteiger partial charge in [-0.15, -0.1) is 0 Å². The van der Waals surface area contributed by atoms with E-state index in [0.29, 0.717) is 0 Å². The minimum atomic E-state index is 0.145. The van der Waals surface area contributed by atoms with Gasteiger partial charge in [0.2, 0.25) is 0 Å². The molecule has 0 saturated carbocycles. The van der Waals surface area contributed by atoms with Crippen LogP contribution in [0.5, 0.6) is 0 Å². The van der Waals surface area contributed by atoms with Crippen molar-refractivity contribution in [2.45, 2.75) is 45.7 Å². The van der Waals surface area contributed by atoms with E-state index in [-0.39, 0.29) is 18.0 Å². The molecule has 0 radical (unpaired) electrons. The number of benzene rings is 1. The first-order valence-corrected chi connectivity index (χ1v) is 6.63. The number of amides is 1. The monoisotopic (exact) mass is 246 g/mol. The molecule has 1 aromatic rings. The number of likely N-dealkylation sites (tertiary alicyclic amines) is 1. The lowest BCUT2D eigenvalue weighted by atomic mass is 9.97. The first kappa shape index (κ1) is 13.1. The molecule has 1 aliphatic heterocycles. The molecule has 1 heterocycles. The van der Waals surface area contributed by atoms with Crippen molar-refractivity contribution in [1.82, 2.24) is 4.90 Å². The maximum atomic E-state index is 12.5. The van der Waals surface area contributed by atoms with Gasteiger partial charge < -0.3 is 10.6 Å². The highest BCUT2D eigenvalue weighted by atomic mass is 16.2. The third-order valence-electron chi connectivity index (χ3n) is 3.79. The molecular weight excluding hydrogens is 224 g/mol. The third kappa shape index (κ3) is 2.56. The molecule has 3 heteroatoms. The van der Waals surface area contributed by atoms with Gasteiger partial charge in [0.25, 0.3) is 5.91 Å². The number of aryl methyl sites for hydroxylation is 2. The number of carbonyl (C=O) groups excluding carboxylic acids is 1. The molecule has 1 amide bonds. The maximum absolute atomic E-state index is 12.5. The Balaban J connectivity index is 2.20. The molecule has 1 fully saturated rings. The smallest absolute Gasteiger partial charge is 0.254 e. The molecule has 1 saturated heterocycles. The van der Waals surface area contributed by atoms with Crippen LogP contribution in [-0.2, 0) is 0 Å². The summed E-state index contributed by atoms with van der Waals surface area (Å²) in [6.45, 7) is 6.90. The molecule has 2 atom stereocenters. The van der Waals surface area contributed by atoms with E-state index in [1.807, 2.05) is 30.9 Å². The number of nitrogens with two attached hydrogens (primary N) is 1. The Morgan fingerprint density at radius 1 is 1.39 bits per heavy atom. The van der Waals surface area contributed by atoms with Crippen LogP contribution in [0.3, 0.4) is 0 Å². The Hall–Kier alpha value is -1.35. The minimum absolute atomic E-state index is 0.145. The number of carbonyl (C=O) groups is 1. The van der Waals surface area contributed by atoms with Crippen LogP contribution in [0.1, 0.15) is 41.3 Å². The first-order chi connectivity index (χ1) is 8.49. The van der Waals surface area contributed by atoms with Crippen molar-refractivity contribution in [2.75, 3.05) is 6.54 Å². The minimum Gasteiger partial charge on any atom is -0.336 e. The molecule has 2 N–H and O–H groups in total. The molecule has 0 aliphatic carbocycles. The van der Waals surface area contributed by atoms with Gasteiger partial charge in [0, 0.05) is 24.2 Å². The number of rotatable bonds is 1. The zero-order valence-electron chi connectivity index (χ0n) is 11.4. The van der Waals surface area contributed by atoms with E-state index in [0.717, 1.165) is 30.5 Å². The zero-order chi connectivity index (χ0) is 13.3. The highest BCUT2D eigenvalue weighted by Crippen LogP contribution is 2.20. The van der Waals surface area contributed by atoms with Crippen molar-refractivity contribution in [2.24, 2.45) is 5.73 Å². The Kier molecular flexibility index (Phi) is 3.71. The van der Waals surface area contributed by atoms with E-state index in [9.17, 15) is 4.79 Å². The van der Waals surface area contributed by atoms with Gasteiger partial charge in [0.15, 0.2) is 0 Å². The summed E-state index contributed by atoms with van der Waals surface area (Å²) in [5.74, 6) is 0.145. The third-order valence-corrected chi connectivity index (χ3v) is 3.79. The summed E-state index contributed by atoms with van der Waals surface area (Å²) in [6, 6.07) is 6.48. The Bertz CT molecular complexity index is 456.